The maximum absolute atomic E-state index is 11.2. The van der Waals surface area contributed by atoms with Gasteiger partial charge in [-0.1, -0.05) is 30.2 Å². The monoisotopic (exact) mass is 260 g/mol. The molecule has 0 aromatic heterocycles. The summed E-state index contributed by atoms with van der Waals surface area (Å²) in [5, 5.41) is 8.74. The van der Waals surface area contributed by atoms with Gasteiger partial charge in [0.1, 0.15) is 0 Å². The number of allylic oxidation sites excluding steroid dienone is 5. The van der Waals surface area contributed by atoms with Gasteiger partial charge in [0.15, 0.2) is 5.78 Å². The standard InChI is InChI=1S/C15H16O4/c1-19-14(18)5-4-9-15(8-2-3-12-16)10-6-13(17)7-11-15/h2-3,6-7,10-11,16H,8-9,12H2,1H3/b3-2-. The van der Waals surface area contributed by atoms with Gasteiger partial charge in [0.25, 0.3) is 0 Å². The van der Waals surface area contributed by atoms with Crippen LogP contribution in [0.25, 0.3) is 0 Å². The van der Waals surface area contributed by atoms with E-state index in [0.29, 0.717) is 12.8 Å². The predicted molar refractivity (Wildman–Crippen MR) is 71.0 cm³/mol. The Hall–Kier alpha value is -2.12. The number of hydrogen-bond acceptors (Lipinski definition) is 4. The van der Waals surface area contributed by atoms with Crippen LogP contribution < -0.4 is 0 Å². The summed E-state index contributed by atoms with van der Waals surface area (Å²) in [7, 11) is 1.27. The lowest BCUT2D eigenvalue weighted by Gasteiger charge is -2.25. The first-order chi connectivity index (χ1) is 9.12. The fourth-order valence-electron chi connectivity index (χ4n) is 1.64. The average molecular weight is 260 g/mol. The van der Waals surface area contributed by atoms with Crippen LogP contribution in [-0.4, -0.2) is 30.6 Å². The lowest BCUT2D eigenvalue weighted by atomic mass is 9.78. The Balaban J connectivity index is 2.81. The van der Waals surface area contributed by atoms with E-state index in [9.17, 15) is 9.59 Å². The average Bonchev–Trinajstić information content (AvgIpc) is 2.42. The van der Waals surface area contributed by atoms with Gasteiger partial charge in [-0.05, 0) is 18.6 Å². The fourth-order valence-corrected chi connectivity index (χ4v) is 1.64. The quantitative estimate of drug-likeness (QED) is 0.357. The topological polar surface area (TPSA) is 63.6 Å². The first-order valence-corrected chi connectivity index (χ1v) is 5.87. The summed E-state index contributed by atoms with van der Waals surface area (Å²) >= 11 is 0. The highest BCUT2D eigenvalue weighted by Gasteiger charge is 2.24. The Morgan fingerprint density at radius 1 is 1.42 bits per heavy atom. The zero-order valence-electron chi connectivity index (χ0n) is 10.8. The van der Waals surface area contributed by atoms with E-state index in [1.165, 1.54) is 19.3 Å². The number of methoxy groups -OCH3 is 1. The minimum atomic E-state index is -0.583. The van der Waals surface area contributed by atoms with Gasteiger partial charge in [-0.25, -0.2) is 4.79 Å². The van der Waals surface area contributed by atoms with Gasteiger partial charge in [0.2, 0.25) is 0 Å². The molecule has 1 aliphatic carbocycles. The molecule has 0 atom stereocenters. The van der Waals surface area contributed by atoms with Crippen LogP contribution in [0.2, 0.25) is 0 Å². The van der Waals surface area contributed by atoms with E-state index in [0.717, 1.165) is 0 Å². The number of hydrogen-bond donors (Lipinski definition) is 1. The molecule has 1 aliphatic rings. The normalized spacial score (nSPS) is 16.2. The molecule has 0 saturated heterocycles. The third-order valence-corrected chi connectivity index (χ3v) is 2.72. The van der Waals surface area contributed by atoms with E-state index < -0.39 is 11.4 Å². The molecule has 0 aromatic rings. The maximum Gasteiger partial charge on any atom is 0.384 e. The summed E-state index contributed by atoms with van der Waals surface area (Å²) in [5.74, 6) is 4.47. The van der Waals surface area contributed by atoms with Crippen molar-refractivity contribution in [3.63, 3.8) is 0 Å². The molecule has 19 heavy (non-hydrogen) atoms. The minimum Gasteiger partial charge on any atom is -0.459 e. The molecule has 0 fully saturated rings. The number of ether oxygens (including phenoxy) is 1. The zero-order valence-corrected chi connectivity index (χ0v) is 10.8. The highest BCUT2D eigenvalue weighted by molar-refractivity contribution is 6.00. The van der Waals surface area contributed by atoms with Crippen LogP contribution in [0.4, 0.5) is 0 Å². The van der Waals surface area contributed by atoms with Crippen LogP contribution >= 0.6 is 0 Å². The van der Waals surface area contributed by atoms with Crippen molar-refractivity contribution in [1.29, 1.82) is 0 Å². The van der Waals surface area contributed by atoms with Crippen molar-refractivity contribution in [1.82, 2.24) is 0 Å². The Labute approximate surface area is 112 Å². The van der Waals surface area contributed by atoms with Crippen LogP contribution in [0.1, 0.15) is 12.8 Å². The molecule has 0 unspecified atom stereocenters. The molecule has 0 heterocycles. The lowest BCUT2D eigenvalue weighted by molar-refractivity contribution is -0.133. The summed E-state index contributed by atoms with van der Waals surface area (Å²) in [4.78, 5) is 22.1. The largest absolute Gasteiger partial charge is 0.459 e. The molecular formula is C15H16O4. The number of esters is 1. The van der Waals surface area contributed by atoms with Crippen molar-refractivity contribution in [3.8, 4) is 11.8 Å². The van der Waals surface area contributed by atoms with Gasteiger partial charge >= 0.3 is 5.97 Å². The summed E-state index contributed by atoms with van der Waals surface area (Å²) in [6.07, 6.45) is 11.0. The Bertz CT molecular complexity index is 470. The molecule has 100 valence electrons. The van der Waals surface area contributed by atoms with Crippen LogP contribution in [0.5, 0.6) is 0 Å². The fraction of sp³-hybridized carbons (Fsp3) is 0.333. The molecule has 0 aromatic carbocycles. The van der Waals surface area contributed by atoms with Gasteiger partial charge in [0, 0.05) is 17.8 Å². The van der Waals surface area contributed by atoms with E-state index in [4.69, 9.17) is 5.11 Å². The van der Waals surface area contributed by atoms with Gasteiger partial charge in [-0.15, -0.1) is 0 Å². The maximum atomic E-state index is 11.2. The summed E-state index contributed by atoms with van der Waals surface area (Å²) in [5.41, 5.74) is -0.416. The molecule has 0 aliphatic heterocycles. The molecule has 1 rings (SSSR count). The van der Waals surface area contributed by atoms with E-state index in [1.54, 1.807) is 18.2 Å². The van der Waals surface area contributed by atoms with Gasteiger partial charge in [0.05, 0.1) is 13.7 Å². The third-order valence-electron chi connectivity index (χ3n) is 2.72. The zero-order chi connectivity index (χ0) is 14.1. The van der Waals surface area contributed by atoms with Crippen molar-refractivity contribution in [3.05, 3.63) is 36.5 Å². The highest BCUT2D eigenvalue weighted by atomic mass is 16.5. The van der Waals surface area contributed by atoms with E-state index in [1.807, 2.05) is 6.08 Å². The van der Waals surface area contributed by atoms with E-state index in [-0.39, 0.29) is 12.4 Å². The molecule has 0 saturated carbocycles. The Morgan fingerprint density at radius 3 is 2.68 bits per heavy atom. The first-order valence-electron chi connectivity index (χ1n) is 5.87. The molecule has 0 bridgehead atoms. The van der Waals surface area contributed by atoms with Gasteiger partial charge in [-0.3, -0.25) is 4.79 Å². The Morgan fingerprint density at radius 2 is 2.11 bits per heavy atom. The molecular weight excluding hydrogens is 244 g/mol. The molecule has 0 spiro atoms. The Kier molecular flexibility index (Phi) is 5.77. The summed E-state index contributed by atoms with van der Waals surface area (Å²) in [6.45, 7) is -0.0315. The van der Waals surface area contributed by atoms with Crippen molar-refractivity contribution in [2.75, 3.05) is 13.7 Å². The van der Waals surface area contributed by atoms with Crippen molar-refractivity contribution < 1.29 is 19.4 Å². The molecule has 1 N–H and O–H groups in total. The molecule has 0 radical (unpaired) electrons. The predicted octanol–water partition coefficient (Wildman–Crippen LogP) is 1.17. The minimum absolute atomic E-state index is 0.0315. The molecule has 0 amide bonds. The number of rotatable bonds is 4. The third kappa shape index (κ3) is 4.94. The van der Waals surface area contributed by atoms with E-state index >= 15 is 0 Å². The van der Waals surface area contributed by atoms with Crippen LogP contribution in [-0.2, 0) is 14.3 Å². The van der Waals surface area contributed by atoms with Crippen molar-refractivity contribution in [2.24, 2.45) is 5.41 Å². The van der Waals surface area contributed by atoms with E-state index in [2.05, 4.69) is 16.6 Å². The summed E-state index contributed by atoms with van der Waals surface area (Å²) in [6, 6.07) is 0. The SMILES string of the molecule is COC(=O)C#CCC1(C/C=C\CO)C=CC(=O)C=C1. The number of carbonyl (C=O) groups is 2. The van der Waals surface area contributed by atoms with Gasteiger partial charge in [-0.2, -0.15) is 0 Å². The number of carbonyl (C=O) groups excluding carboxylic acids is 2. The second-order valence-corrected chi connectivity index (χ2v) is 4.13. The van der Waals surface area contributed by atoms with Gasteiger partial charge < -0.3 is 9.84 Å². The van der Waals surface area contributed by atoms with Crippen LogP contribution in [0, 0.1) is 17.3 Å². The highest BCUT2D eigenvalue weighted by Crippen LogP contribution is 2.32. The lowest BCUT2D eigenvalue weighted by Crippen LogP contribution is -2.17. The number of ketones is 1. The smallest absolute Gasteiger partial charge is 0.384 e. The number of aliphatic hydroxyl groups is 1. The number of aliphatic hydroxyl groups excluding tert-OH is 1. The van der Waals surface area contributed by atoms with Crippen LogP contribution in [0.3, 0.4) is 0 Å². The second-order valence-electron chi connectivity index (χ2n) is 4.13. The summed E-state index contributed by atoms with van der Waals surface area (Å²) < 4.78 is 4.44. The second kappa shape index (κ2) is 7.34. The molecule has 4 heteroatoms. The van der Waals surface area contributed by atoms with Crippen molar-refractivity contribution in [2.45, 2.75) is 12.8 Å². The molecule has 4 nitrogen and oxygen atoms in total. The van der Waals surface area contributed by atoms with Crippen molar-refractivity contribution >= 4 is 11.8 Å². The van der Waals surface area contributed by atoms with Crippen LogP contribution in [0.15, 0.2) is 36.5 Å². The first kappa shape index (κ1) is 14.9.